The topological polar surface area (TPSA) is 80.4 Å². The van der Waals surface area contributed by atoms with Gasteiger partial charge in [0, 0.05) is 24.3 Å². The van der Waals surface area contributed by atoms with Gasteiger partial charge in [0.05, 0.1) is 11.3 Å². The number of carbonyl (C=O) groups is 1. The first-order chi connectivity index (χ1) is 11.1. The van der Waals surface area contributed by atoms with Gasteiger partial charge in [-0.25, -0.2) is 19.7 Å². The maximum Gasteiger partial charge on any atom is 0.339 e. The Hall–Kier alpha value is -3.02. The van der Waals surface area contributed by atoms with Gasteiger partial charge >= 0.3 is 5.97 Å². The number of hydrogen-bond acceptors (Lipinski definition) is 4. The lowest BCUT2D eigenvalue weighted by Crippen LogP contribution is -2.08. The van der Waals surface area contributed by atoms with Gasteiger partial charge in [-0.3, -0.25) is 0 Å². The highest BCUT2D eigenvalue weighted by Gasteiger charge is 2.15. The summed E-state index contributed by atoms with van der Waals surface area (Å²) in [4.78, 5) is 24.0. The largest absolute Gasteiger partial charge is 0.478 e. The van der Waals surface area contributed by atoms with E-state index in [-0.39, 0.29) is 11.5 Å². The van der Waals surface area contributed by atoms with E-state index in [0.717, 1.165) is 11.3 Å². The molecule has 23 heavy (non-hydrogen) atoms. The summed E-state index contributed by atoms with van der Waals surface area (Å²) in [5.74, 6) is -0.517. The van der Waals surface area contributed by atoms with Crippen molar-refractivity contribution >= 4 is 23.8 Å². The number of pyridine rings is 1. The first kappa shape index (κ1) is 14.9. The summed E-state index contributed by atoms with van der Waals surface area (Å²) in [6.07, 6.45) is 8.63. The van der Waals surface area contributed by atoms with Gasteiger partial charge in [-0.15, -0.1) is 0 Å². The van der Waals surface area contributed by atoms with Crippen LogP contribution in [0.4, 0.5) is 0 Å². The van der Waals surface area contributed by atoms with Gasteiger partial charge in [-0.2, -0.15) is 0 Å². The maximum atomic E-state index is 11.2. The number of rotatable bonds is 4. The first-order valence-electron chi connectivity index (χ1n) is 7.26. The number of nitrogens with zero attached hydrogens (tertiary/aromatic N) is 4. The van der Waals surface area contributed by atoms with Crippen LogP contribution in [0.5, 0.6) is 0 Å². The van der Waals surface area contributed by atoms with Gasteiger partial charge in [-0.05, 0) is 30.2 Å². The third-order valence-corrected chi connectivity index (χ3v) is 3.48. The Bertz CT molecular complexity index is 896. The zero-order valence-corrected chi connectivity index (χ0v) is 12.8. The predicted octanol–water partition coefficient (Wildman–Crippen LogP) is 3.12. The van der Waals surface area contributed by atoms with Crippen LogP contribution in [-0.2, 0) is 0 Å². The van der Waals surface area contributed by atoms with E-state index in [0.29, 0.717) is 11.5 Å². The third-order valence-electron chi connectivity index (χ3n) is 3.48. The second kappa shape index (κ2) is 6.00. The molecule has 0 bridgehead atoms. The van der Waals surface area contributed by atoms with Crippen LogP contribution in [0.1, 0.15) is 47.3 Å². The zero-order chi connectivity index (χ0) is 16.4. The van der Waals surface area contributed by atoms with Gasteiger partial charge in [0.1, 0.15) is 5.65 Å². The van der Waals surface area contributed by atoms with Crippen molar-refractivity contribution in [1.29, 1.82) is 0 Å². The maximum absolute atomic E-state index is 11.2. The highest BCUT2D eigenvalue weighted by molar-refractivity contribution is 5.88. The summed E-state index contributed by atoms with van der Waals surface area (Å²) in [5, 5.41) is 9.20. The second-order valence-electron chi connectivity index (χ2n) is 5.43. The summed E-state index contributed by atoms with van der Waals surface area (Å²) in [6, 6.07) is 5.81. The second-order valence-corrected chi connectivity index (χ2v) is 5.43. The fourth-order valence-corrected chi connectivity index (χ4v) is 2.36. The minimum Gasteiger partial charge on any atom is -0.478 e. The van der Waals surface area contributed by atoms with E-state index >= 15 is 0 Å². The van der Waals surface area contributed by atoms with Crippen molar-refractivity contribution in [1.82, 2.24) is 19.4 Å². The number of carboxylic acids is 1. The monoisotopic (exact) mass is 308 g/mol. The van der Waals surface area contributed by atoms with E-state index in [4.69, 9.17) is 0 Å². The Labute approximate surface area is 133 Å². The molecule has 0 aromatic carbocycles. The molecular weight excluding hydrogens is 292 g/mol. The van der Waals surface area contributed by atoms with Gasteiger partial charge in [0.2, 0.25) is 0 Å². The summed E-state index contributed by atoms with van der Waals surface area (Å²) < 4.78 is 1.95. The van der Waals surface area contributed by atoms with E-state index in [2.05, 4.69) is 15.0 Å². The molecular formula is C17H16N4O2. The number of aromatic carboxylic acids is 1. The zero-order valence-electron chi connectivity index (χ0n) is 12.8. The van der Waals surface area contributed by atoms with E-state index in [9.17, 15) is 9.90 Å². The van der Waals surface area contributed by atoms with Crippen molar-refractivity contribution in [2.24, 2.45) is 0 Å². The molecule has 116 valence electrons. The number of hydrogen-bond donors (Lipinski definition) is 1. The summed E-state index contributed by atoms with van der Waals surface area (Å²) in [6.45, 7) is 3.82. The molecule has 0 aliphatic rings. The van der Waals surface area contributed by atoms with Crippen LogP contribution < -0.4 is 0 Å². The predicted molar refractivity (Wildman–Crippen MR) is 87.2 cm³/mol. The smallest absolute Gasteiger partial charge is 0.339 e. The number of carboxylic acid groups (broad SMARTS) is 1. The van der Waals surface area contributed by atoms with E-state index in [1.165, 1.54) is 6.20 Å². The van der Waals surface area contributed by atoms with Crippen LogP contribution in [0, 0.1) is 0 Å². The molecule has 0 spiro atoms. The third kappa shape index (κ3) is 2.96. The van der Waals surface area contributed by atoms with Crippen molar-refractivity contribution in [3.63, 3.8) is 0 Å². The van der Waals surface area contributed by atoms with E-state index in [1.807, 2.05) is 48.7 Å². The van der Waals surface area contributed by atoms with Crippen molar-refractivity contribution in [2.75, 3.05) is 0 Å². The van der Waals surface area contributed by atoms with Gasteiger partial charge < -0.3 is 9.51 Å². The molecule has 0 aliphatic heterocycles. The van der Waals surface area contributed by atoms with Gasteiger partial charge in [0.25, 0.3) is 0 Å². The van der Waals surface area contributed by atoms with Crippen molar-refractivity contribution in [3.05, 3.63) is 59.6 Å². The highest BCUT2D eigenvalue weighted by Crippen LogP contribution is 2.17. The number of fused-ring (bicyclic) bond motifs is 1. The molecule has 6 nitrogen and oxygen atoms in total. The molecule has 3 aromatic heterocycles. The fourth-order valence-electron chi connectivity index (χ4n) is 2.36. The number of aromatic nitrogens is 4. The highest BCUT2D eigenvalue weighted by atomic mass is 16.4. The molecule has 0 saturated heterocycles. The molecule has 3 aromatic rings. The molecule has 0 aliphatic carbocycles. The lowest BCUT2D eigenvalue weighted by molar-refractivity contribution is 0.0694. The summed E-state index contributed by atoms with van der Waals surface area (Å²) in [5.41, 5.74) is 2.48. The molecule has 0 fully saturated rings. The summed E-state index contributed by atoms with van der Waals surface area (Å²) in [7, 11) is 0. The normalized spacial score (nSPS) is 11.6. The Morgan fingerprint density at radius 3 is 2.83 bits per heavy atom. The van der Waals surface area contributed by atoms with Crippen LogP contribution in [0.2, 0.25) is 0 Å². The molecule has 0 saturated carbocycles. The molecule has 0 atom stereocenters. The lowest BCUT2D eigenvalue weighted by atomic mass is 10.1. The Balaban J connectivity index is 1.98. The molecule has 1 N–H and O–H groups in total. The van der Waals surface area contributed by atoms with Crippen LogP contribution >= 0.6 is 0 Å². The van der Waals surface area contributed by atoms with Crippen molar-refractivity contribution < 1.29 is 9.90 Å². The van der Waals surface area contributed by atoms with Crippen LogP contribution in [-0.4, -0.2) is 30.4 Å². The Kier molecular flexibility index (Phi) is 3.89. The van der Waals surface area contributed by atoms with E-state index < -0.39 is 5.97 Å². The average Bonchev–Trinajstić information content (AvgIpc) is 3.01. The Morgan fingerprint density at radius 2 is 2.09 bits per heavy atom. The van der Waals surface area contributed by atoms with Crippen LogP contribution in [0.3, 0.4) is 0 Å². The van der Waals surface area contributed by atoms with Crippen molar-refractivity contribution in [2.45, 2.75) is 19.8 Å². The molecule has 3 rings (SSSR count). The van der Waals surface area contributed by atoms with Crippen molar-refractivity contribution in [3.8, 4) is 0 Å². The van der Waals surface area contributed by atoms with Gasteiger partial charge in [0.15, 0.2) is 5.82 Å². The molecule has 3 heterocycles. The first-order valence-corrected chi connectivity index (χ1v) is 7.26. The molecule has 0 unspecified atom stereocenters. The SMILES string of the molecule is CC(C)c1nc(/C=C/c2cccc3nccn23)ncc1C(=O)O. The Morgan fingerprint density at radius 1 is 1.26 bits per heavy atom. The molecule has 0 radical (unpaired) electrons. The van der Waals surface area contributed by atoms with Gasteiger partial charge in [-0.1, -0.05) is 19.9 Å². The molecule has 0 amide bonds. The standard InChI is InChI=1S/C17H16N4O2/c1-11(2)16-13(17(22)23)10-19-14(20-16)7-6-12-4-3-5-15-18-8-9-21(12)15/h3-11H,1-2H3,(H,22,23)/b7-6+. The quantitative estimate of drug-likeness (QED) is 0.801. The van der Waals surface area contributed by atoms with Crippen LogP contribution in [0.15, 0.2) is 36.8 Å². The minimum atomic E-state index is -1.01. The average molecular weight is 308 g/mol. The lowest BCUT2D eigenvalue weighted by Gasteiger charge is -2.08. The fraction of sp³-hybridized carbons (Fsp3) is 0.176. The number of imidazole rings is 1. The summed E-state index contributed by atoms with van der Waals surface area (Å²) >= 11 is 0. The minimum absolute atomic E-state index is 0.00771. The van der Waals surface area contributed by atoms with E-state index in [1.54, 1.807) is 12.3 Å². The molecule has 6 heteroatoms. The van der Waals surface area contributed by atoms with Crippen LogP contribution in [0.25, 0.3) is 17.8 Å².